The summed E-state index contributed by atoms with van der Waals surface area (Å²) in [5.41, 5.74) is 2.81. The standard InChI is InChI=1S/C20H22N6OS/c27-20(15-4-3-5-16(12-15)26-13-21-23-24-26)25-10-8-14(9-11-25)19-22-17-6-1-2-7-18(17)28-19/h3-5,12-14H,1-2,6-11H2. The molecule has 0 spiro atoms. The summed E-state index contributed by atoms with van der Waals surface area (Å²) >= 11 is 1.91. The SMILES string of the molecule is O=C(c1cccc(-n2cnnn2)c1)N1CCC(c2nc3c(s2)CCCC3)CC1. The molecule has 1 saturated heterocycles. The van der Waals surface area contributed by atoms with Crippen molar-refractivity contribution in [3.8, 4) is 5.69 Å². The number of hydrogen-bond donors (Lipinski definition) is 0. The number of carbonyl (C=O) groups excluding carboxylic acids is 1. The molecule has 144 valence electrons. The number of nitrogens with zero attached hydrogens (tertiary/aromatic N) is 6. The van der Waals surface area contributed by atoms with Gasteiger partial charge in [-0.3, -0.25) is 4.79 Å². The summed E-state index contributed by atoms with van der Waals surface area (Å²) in [5.74, 6) is 0.569. The first kappa shape index (κ1) is 17.5. The zero-order valence-electron chi connectivity index (χ0n) is 15.6. The van der Waals surface area contributed by atoms with Gasteiger partial charge in [-0.25, -0.2) is 9.67 Å². The van der Waals surface area contributed by atoms with Crippen molar-refractivity contribution in [2.45, 2.75) is 44.4 Å². The maximum Gasteiger partial charge on any atom is 0.253 e. The lowest BCUT2D eigenvalue weighted by Gasteiger charge is -2.31. The van der Waals surface area contributed by atoms with Gasteiger partial charge in [0.15, 0.2) is 0 Å². The number of carbonyl (C=O) groups is 1. The van der Waals surface area contributed by atoms with E-state index in [0.717, 1.165) is 38.0 Å². The highest BCUT2D eigenvalue weighted by Crippen LogP contribution is 2.35. The molecule has 0 saturated carbocycles. The van der Waals surface area contributed by atoms with Crippen molar-refractivity contribution in [3.63, 3.8) is 0 Å². The van der Waals surface area contributed by atoms with Gasteiger partial charge < -0.3 is 4.90 Å². The predicted molar refractivity (Wildman–Crippen MR) is 106 cm³/mol. The van der Waals surface area contributed by atoms with Crippen LogP contribution in [0.5, 0.6) is 0 Å². The molecule has 1 amide bonds. The molecule has 7 nitrogen and oxygen atoms in total. The number of likely N-dealkylation sites (tertiary alicyclic amines) is 1. The monoisotopic (exact) mass is 394 g/mol. The Labute approximate surface area is 167 Å². The number of rotatable bonds is 3. The van der Waals surface area contributed by atoms with Crippen LogP contribution < -0.4 is 0 Å². The molecular weight excluding hydrogens is 372 g/mol. The van der Waals surface area contributed by atoms with Crippen molar-refractivity contribution in [1.29, 1.82) is 0 Å². The molecular formula is C20H22N6OS. The summed E-state index contributed by atoms with van der Waals surface area (Å²) < 4.78 is 1.56. The third kappa shape index (κ3) is 3.32. The van der Waals surface area contributed by atoms with Crippen LogP contribution in [0.3, 0.4) is 0 Å². The van der Waals surface area contributed by atoms with E-state index in [9.17, 15) is 4.79 Å². The van der Waals surface area contributed by atoms with Crippen molar-refractivity contribution in [2.24, 2.45) is 0 Å². The third-order valence-electron chi connectivity index (χ3n) is 5.70. The number of piperidine rings is 1. The molecule has 1 aliphatic heterocycles. The summed E-state index contributed by atoms with van der Waals surface area (Å²) in [6, 6.07) is 7.47. The lowest BCUT2D eigenvalue weighted by Crippen LogP contribution is -2.37. The number of aryl methyl sites for hydroxylation is 2. The number of thiazole rings is 1. The van der Waals surface area contributed by atoms with E-state index < -0.39 is 0 Å². The summed E-state index contributed by atoms with van der Waals surface area (Å²) in [4.78, 5) is 21.4. The van der Waals surface area contributed by atoms with Crippen LogP contribution in [0, 0.1) is 0 Å². The van der Waals surface area contributed by atoms with Gasteiger partial charge in [-0.2, -0.15) is 0 Å². The van der Waals surface area contributed by atoms with Crippen molar-refractivity contribution in [3.05, 3.63) is 51.7 Å². The Balaban J connectivity index is 1.26. The molecule has 3 aromatic rings. The molecule has 1 aliphatic carbocycles. The fraction of sp³-hybridized carbons (Fsp3) is 0.450. The van der Waals surface area contributed by atoms with Crippen LogP contribution in [-0.2, 0) is 12.8 Å². The Morgan fingerprint density at radius 2 is 2.00 bits per heavy atom. The maximum atomic E-state index is 13.0. The van der Waals surface area contributed by atoms with Gasteiger partial charge in [0.2, 0.25) is 0 Å². The normalized spacial score (nSPS) is 17.5. The maximum absolute atomic E-state index is 13.0. The van der Waals surface area contributed by atoms with Crippen molar-refractivity contribution >= 4 is 17.2 Å². The summed E-state index contributed by atoms with van der Waals surface area (Å²) in [6.45, 7) is 1.56. The second-order valence-electron chi connectivity index (χ2n) is 7.50. The smallest absolute Gasteiger partial charge is 0.253 e. The van der Waals surface area contributed by atoms with Gasteiger partial charge in [-0.1, -0.05) is 6.07 Å². The zero-order valence-corrected chi connectivity index (χ0v) is 16.4. The van der Waals surface area contributed by atoms with Gasteiger partial charge in [0.05, 0.1) is 16.4 Å². The predicted octanol–water partition coefficient (Wildman–Crippen LogP) is 3.02. The van der Waals surface area contributed by atoms with Crippen molar-refractivity contribution in [1.82, 2.24) is 30.1 Å². The highest BCUT2D eigenvalue weighted by molar-refractivity contribution is 7.11. The minimum atomic E-state index is 0.0757. The van der Waals surface area contributed by atoms with E-state index in [1.807, 2.05) is 40.5 Å². The number of tetrazole rings is 1. The fourth-order valence-electron chi connectivity index (χ4n) is 4.12. The average Bonchev–Trinajstić information content (AvgIpc) is 3.43. The molecule has 0 atom stereocenters. The van der Waals surface area contributed by atoms with Crippen molar-refractivity contribution < 1.29 is 4.79 Å². The molecule has 2 aromatic heterocycles. The van der Waals surface area contributed by atoms with Crippen LogP contribution in [0.15, 0.2) is 30.6 Å². The highest BCUT2D eigenvalue weighted by Gasteiger charge is 2.28. The summed E-state index contributed by atoms with van der Waals surface area (Å²) in [5, 5.41) is 12.5. The van der Waals surface area contributed by atoms with Crippen LogP contribution >= 0.6 is 11.3 Å². The molecule has 0 bridgehead atoms. The second-order valence-corrected chi connectivity index (χ2v) is 8.62. The fourth-order valence-corrected chi connectivity index (χ4v) is 5.44. The second kappa shape index (κ2) is 7.43. The Hall–Kier alpha value is -2.61. The van der Waals surface area contributed by atoms with Crippen LogP contribution in [0.2, 0.25) is 0 Å². The molecule has 0 radical (unpaired) electrons. The Morgan fingerprint density at radius 1 is 1.14 bits per heavy atom. The average molecular weight is 395 g/mol. The van der Waals surface area contributed by atoms with E-state index in [-0.39, 0.29) is 5.91 Å². The number of amides is 1. The van der Waals surface area contributed by atoms with Crippen molar-refractivity contribution in [2.75, 3.05) is 13.1 Å². The van der Waals surface area contributed by atoms with Crippen LogP contribution in [0.1, 0.15) is 57.5 Å². The topological polar surface area (TPSA) is 76.8 Å². The van der Waals surface area contributed by atoms with Gasteiger partial charge >= 0.3 is 0 Å². The van der Waals surface area contributed by atoms with Crippen LogP contribution in [0.4, 0.5) is 0 Å². The zero-order chi connectivity index (χ0) is 18.9. The first-order chi connectivity index (χ1) is 13.8. The van der Waals surface area contributed by atoms with E-state index >= 15 is 0 Å². The van der Waals surface area contributed by atoms with E-state index in [0.29, 0.717) is 11.5 Å². The highest BCUT2D eigenvalue weighted by atomic mass is 32.1. The molecule has 0 unspecified atom stereocenters. The van der Waals surface area contributed by atoms with Gasteiger partial charge in [0.25, 0.3) is 5.91 Å². The Bertz CT molecular complexity index is 951. The third-order valence-corrected chi connectivity index (χ3v) is 7.02. The van der Waals surface area contributed by atoms with Gasteiger partial charge in [0, 0.05) is 29.4 Å². The lowest BCUT2D eigenvalue weighted by atomic mass is 9.96. The van der Waals surface area contributed by atoms with Crippen LogP contribution in [-0.4, -0.2) is 49.1 Å². The molecule has 2 aliphatic rings. The number of benzene rings is 1. The molecule has 1 fully saturated rings. The number of fused-ring (bicyclic) bond motifs is 1. The molecule has 5 rings (SSSR count). The van der Waals surface area contributed by atoms with E-state index in [4.69, 9.17) is 4.98 Å². The quantitative estimate of drug-likeness (QED) is 0.682. The first-order valence-corrected chi connectivity index (χ1v) is 10.7. The number of aromatic nitrogens is 5. The summed E-state index contributed by atoms with van der Waals surface area (Å²) in [6.07, 6.45) is 8.42. The van der Waals surface area contributed by atoms with Gasteiger partial charge in [-0.15, -0.1) is 16.4 Å². The van der Waals surface area contributed by atoms with E-state index in [1.54, 1.807) is 4.68 Å². The minimum Gasteiger partial charge on any atom is -0.339 e. The Kier molecular flexibility index (Phi) is 4.64. The van der Waals surface area contributed by atoms with Crippen LogP contribution in [0.25, 0.3) is 5.69 Å². The number of hydrogen-bond acceptors (Lipinski definition) is 6. The molecule has 8 heteroatoms. The minimum absolute atomic E-state index is 0.0757. The molecule has 0 N–H and O–H groups in total. The van der Waals surface area contributed by atoms with Gasteiger partial charge in [0.1, 0.15) is 6.33 Å². The molecule has 1 aromatic carbocycles. The molecule has 3 heterocycles. The van der Waals surface area contributed by atoms with Gasteiger partial charge in [-0.05, 0) is 67.2 Å². The Morgan fingerprint density at radius 3 is 2.79 bits per heavy atom. The largest absolute Gasteiger partial charge is 0.339 e. The summed E-state index contributed by atoms with van der Waals surface area (Å²) in [7, 11) is 0. The lowest BCUT2D eigenvalue weighted by molar-refractivity contribution is 0.0713. The first-order valence-electron chi connectivity index (χ1n) is 9.89. The molecule has 28 heavy (non-hydrogen) atoms. The van der Waals surface area contributed by atoms with E-state index in [1.165, 1.54) is 41.2 Å². The van der Waals surface area contributed by atoms with E-state index in [2.05, 4.69) is 15.5 Å².